The van der Waals surface area contributed by atoms with Crippen LogP contribution in [0.15, 0.2) is 23.1 Å². The van der Waals surface area contributed by atoms with Crippen molar-refractivity contribution in [3.05, 3.63) is 28.8 Å². The van der Waals surface area contributed by atoms with Crippen molar-refractivity contribution in [3.63, 3.8) is 0 Å². The van der Waals surface area contributed by atoms with Crippen molar-refractivity contribution in [1.29, 1.82) is 0 Å². The second-order valence-corrected chi connectivity index (χ2v) is 7.17. The van der Waals surface area contributed by atoms with E-state index in [9.17, 15) is 13.5 Å². The molecule has 0 unspecified atom stereocenters. The average Bonchev–Trinajstić information content (AvgIpc) is 2.31. The summed E-state index contributed by atoms with van der Waals surface area (Å²) in [6.07, 6.45) is 2.40. The molecule has 1 aromatic carbocycles. The van der Waals surface area contributed by atoms with Crippen LogP contribution in [0.1, 0.15) is 31.2 Å². The smallest absolute Gasteiger partial charge is 0.241 e. The van der Waals surface area contributed by atoms with Crippen LogP contribution in [0.25, 0.3) is 0 Å². The highest BCUT2D eigenvalue weighted by molar-refractivity contribution is 7.89. The van der Waals surface area contributed by atoms with Crippen molar-refractivity contribution < 1.29 is 13.5 Å². The van der Waals surface area contributed by atoms with E-state index in [1.165, 1.54) is 6.07 Å². The number of hydrogen-bond acceptors (Lipinski definition) is 3. The van der Waals surface area contributed by atoms with Crippen LogP contribution in [0.4, 0.5) is 0 Å². The highest BCUT2D eigenvalue weighted by atomic mass is 35.5. The highest BCUT2D eigenvalue weighted by Gasteiger charge is 2.26. The van der Waals surface area contributed by atoms with Crippen LogP contribution in [0.3, 0.4) is 0 Å². The van der Waals surface area contributed by atoms with Gasteiger partial charge in [-0.3, -0.25) is 0 Å². The van der Waals surface area contributed by atoms with Gasteiger partial charge in [-0.1, -0.05) is 17.7 Å². The van der Waals surface area contributed by atoms with Gasteiger partial charge in [-0.2, -0.15) is 0 Å². The third-order valence-corrected chi connectivity index (χ3v) is 5.31. The van der Waals surface area contributed by atoms with E-state index < -0.39 is 16.1 Å². The van der Waals surface area contributed by atoms with Crippen LogP contribution in [-0.4, -0.2) is 25.7 Å². The fourth-order valence-electron chi connectivity index (χ4n) is 2.42. The first kappa shape index (κ1) is 14.8. The Morgan fingerprint density at radius 3 is 2.79 bits per heavy atom. The molecule has 2 atom stereocenters. The first-order valence-corrected chi connectivity index (χ1v) is 8.21. The number of aliphatic hydroxyl groups is 1. The molecule has 0 radical (unpaired) electrons. The molecule has 2 rings (SSSR count). The zero-order valence-corrected chi connectivity index (χ0v) is 12.3. The minimum atomic E-state index is -3.58. The van der Waals surface area contributed by atoms with Crippen molar-refractivity contribution in [1.82, 2.24) is 4.72 Å². The van der Waals surface area contributed by atoms with E-state index in [2.05, 4.69) is 4.72 Å². The van der Waals surface area contributed by atoms with Crippen molar-refractivity contribution >= 4 is 21.6 Å². The van der Waals surface area contributed by atoms with Gasteiger partial charge in [0.05, 0.1) is 11.0 Å². The average molecular weight is 304 g/mol. The number of halogens is 1. The second-order valence-electron chi connectivity index (χ2n) is 5.05. The third-order valence-electron chi connectivity index (χ3n) is 3.41. The molecule has 1 fully saturated rings. The molecular weight excluding hydrogens is 286 g/mol. The van der Waals surface area contributed by atoms with Gasteiger partial charge < -0.3 is 5.11 Å². The molecule has 4 nitrogen and oxygen atoms in total. The van der Waals surface area contributed by atoms with Crippen molar-refractivity contribution in [3.8, 4) is 0 Å². The molecule has 0 bridgehead atoms. The Bertz CT molecular complexity index is 559. The van der Waals surface area contributed by atoms with Crippen molar-refractivity contribution in [2.75, 3.05) is 0 Å². The summed E-state index contributed by atoms with van der Waals surface area (Å²) in [6, 6.07) is 4.61. The van der Waals surface area contributed by atoms with Crippen molar-refractivity contribution in [2.24, 2.45) is 0 Å². The molecule has 1 saturated carbocycles. The van der Waals surface area contributed by atoms with Gasteiger partial charge in [-0.05, 0) is 50.3 Å². The number of hydrogen-bond donors (Lipinski definition) is 2. The largest absolute Gasteiger partial charge is 0.393 e. The molecule has 1 aromatic rings. The lowest BCUT2D eigenvalue weighted by Crippen LogP contribution is -2.39. The Morgan fingerprint density at radius 2 is 2.11 bits per heavy atom. The maximum absolute atomic E-state index is 12.3. The highest BCUT2D eigenvalue weighted by Crippen LogP contribution is 2.23. The molecule has 106 valence electrons. The molecule has 0 heterocycles. The summed E-state index contributed by atoms with van der Waals surface area (Å²) < 4.78 is 27.3. The summed E-state index contributed by atoms with van der Waals surface area (Å²) in [6.45, 7) is 1.74. The van der Waals surface area contributed by atoms with Gasteiger partial charge in [-0.15, -0.1) is 0 Å². The SMILES string of the molecule is Cc1ccc(Cl)cc1S(=O)(=O)N[C@H]1CCC[C@H](O)C1. The Morgan fingerprint density at radius 1 is 1.37 bits per heavy atom. The molecule has 0 aromatic heterocycles. The van der Waals surface area contributed by atoms with Gasteiger partial charge in [0.1, 0.15) is 0 Å². The number of aliphatic hydroxyl groups excluding tert-OH is 1. The minimum absolute atomic E-state index is 0.202. The van der Waals surface area contributed by atoms with Crippen LogP contribution >= 0.6 is 11.6 Å². The summed E-state index contributed by atoms with van der Waals surface area (Å²) in [4.78, 5) is 0.208. The zero-order chi connectivity index (χ0) is 14.0. The normalized spacial score (nSPS) is 24.4. The Balaban J connectivity index is 2.20. The molecule has 0 saturated heterocycles. The monoisotopic (exact) mass is 303 g/mol. The van der Waals surface area contributed by atoms with Crippen LogP contribution in [0.2, 0.25) is 5.02 Å². The molecule has 6 heteroatoms. The number of sulfonamides is 1. The first-order chi connectivity index (χ1) is 8.88. The van der Waals surface area contributed by atoms with Crippen molar-refractivity contribution in [2.45, 2.75) is 49.6 Å². The standard InChI is InChI=1S/C13H18ClNO3S/c1-9-5-6-10(14)7-13(9)19(17,18)15-11-3-2-4-12(16)8-11/h5-7,11-12,15-16H,2-4,8H2,1H3/t11-,12-/m0/s1. The number of nitrogens with one attached hydrogen (secondary N) is 1. The van der Waals surface area contributed by atoms with Gasteiger partial charge in [0.25, 0.3) is 0 Å². The summed E-state index contributed by atoms with van der Waals surface area (Å²) in [7, 11) is -3.58. The fraction of sp³-hybridized carbons (Fsp3) is 0.538. The van der Waals surface area contributed by atoms with E-state index in [0.29, 0.717) is 17.0 Å². The van der Waals surface area contributed by atoms with E-state index in [1.54, 1.807) is 19.1 Å². The predicted molar refractivity (Wildman–Crippen MR) is 74.8 cm³/mol. The van der Waals surface area contributed by atoms with E-state index in [1.807, 2.05) is 0 Å². The second kappa shape index (κ2) is 5.79. The molecule has 0 amide bonds. The molecule has 0 spiro atoms. The maximum atomic E-state index is 12.3. The molecule has 2 N–H and O–H groups in total. The zero-order valence-electron chi connectivity index (χ0n) is 10.8. The van der Waals surface area contributed by atoms with Gasteiger partial charge in [0.15, 0.2) is 0 Å². The van der Waals surface area contributed by atoms with Gasteiger partial charge >= 0.3 is 0 Å². The van der Waals surface area contributed by atoms with Gasteiger partial charge in [0.2, 0.25) is 10.0 Å². The summed E-state index contributed by atoms with van der Waals surface area (Å²) in [5.41, 5.74) is 0.660. The minimum Gasteiger partial charge on any atom is -0.393 e. The lowest BCUT2D eigenvalue weighted by Gasteiger charge is -2.26. The van der Waals surface area contributed by atoms with Crippen LogP contribution in [0, 0.1) is 6.92 Å². The van der Waals surface area contributed by atoms with Crippen LogP contribution in [0.5, 0.6) is 0 Å². The summed E-state index contributed by atoms with van der Waals surface area (Å²) in [5, 5.41) is 9.99. The molecule has 1 aliphatic rings. The Labute approximate surface area is 118 Å². The number of aryl methyl sites for hydroxylation is 1. The topological polar surface area (TPSA) is 66.4 Å². The molecule has 0 aliphatic heterocycles. The lowest BCUT2D eigenvalue weighted by atomic mass is 9.94. The third kappa shape index (κ3) is 3.69. The van der Waals surface area contributed by atoms with E-state index in [4.69, 9.17) is 11.6 Å². The Hall–Kier alpha value is -0.620. The van der Waals surface area contributed by atoms with E-state index in [-0.39, 0.29) is 10.9 Å². The molecule has 1 aliphatic carbocycles. The molecular formula is C13H18ClNO3S. The van der Waals surface area contributed by atoms with Crippen LogP contribution in [-0.2, 0) is 10.0 Å². The lowest BCUT2D eigenvalue weighted by molar-refractivity contribution is 0.117. The predicted octanol–water partition coefficient (Wildman–Crippen LogP) is 2.23. The fourth-order valence-corrected chi connectivity index (χ4v) is 4.21. The summed E-state index contributed by atoms with van der Waals surface area (Å²) in [5.74, 6) is 0. The van der Waals surface area contributed by atoms with Gasteiger partial charge in [-0.25, -0.2) is 13.1 Å². The number of rotatable bonds is 3. The van der Waals surface area contributed by atoms with E-state index >= 15 is 0 Å². The molecule has 19 heavy (non-hydrogen) atoms. The maximum Gasteiger partial charge on any atom is 0.241 e. The number of benzene rings is 1. The quantitative estimate of drug-likeness (QED) is 0.900. The summed E-state index contributed by atoms with van der Waals surface area (Å²) >= 11 is 5.86. The van der Waals surface area contributed by atoms with Crippen LogP contribution < -0.4 is 4.72 Å². The van der Waals surface area contributed by atoms with E-state index in [0.717, 1.165) is 19.3 Å². The Kier molecular flexibility index (Phi) is 4.50. The first-order valence-electron chi connectivity index (χ1n) is 6.35. The van der Waals surface area contributed by atoms with Gasteiger partial charge in [0, 0.05) is 11.1 Å².